The molecule has 0 aromatic heterocycles. The first-order valence-electron chi connectivity index (χ1n) is 9.87. The van der Waals surface area contributed by atoms with Crippen molar-refractivity contribution in [3.05, 3.63) is 59.7 Å². The number of nitrogens with one attached hydrogen (secondary N) is 2. The number of carbonyl (C=O) groups is 2. The van der Waals surface area contributed by atoms with Crippen molar-refractivity contribution < 1.29 is 9.59 Å². The number of benzene rings is 2. The van der Waals surface area contributed by atoms with Crippen molar-refractivity contribution in [3.8, 4) is 0 Å². The molecule has 1 aliphatic carbocycles. The Kier molecular flexibility index (Phi) is 5.19. The second-order valence-corrected chi connectivity index (χ2v) is 7.57. The van der Waals surface area contributed by atoms with Crippen LogP contribution >= 0.6 is 0 Å². The molecular formula is C22H26N4O2. The molecule has 0 radical (unpaired) electrons. The molecule has 1 aliphatic heterocycles. The molecule has 28 heavy (non-hydrogen) atoms. The second kappa shape index (κ2) is 7.92. The Hall–Kier alpha value is -3.02. The monoisotopic (exact) mass is 378 g/mol. The molecule has 0 unspecified atom stereocenters. The number of hydrogen-bond acceptors (Lipinski definition) is 3. The number of amides is 3. The average Bonchev–Trinajstić information content (AvgIpc) is 3.51. The lowest BCUT2D eigenvalue weighted by molar-refractivity contribution is 0.0747. The van der Waals surface area contributed by atoms with E-state index in [1.54, 1.807) is 18.2 Å². The van der Waals surface area contributed by atoms with Crippen LogP contribution in [-0.2, 0) is 0 Å². The normalized spacial score (nSPS) is 16.6. The summed E-state index contributed by atoms with van der Waals surface area (Å²) in [5.74, 6) is 0.00939. The highest BCUT2D eigenvalue weighted by atomic mass is 16.2. The minimum Gasteiger partial charge on any atom is -0.368 e. The molecular weight excluding hydrogens is 352 g/mol. The van der Waals surface area contributed by atoms with Gasteiger partial charge in [0.25, 0.3) is 5.91 Å². The Morgan fingerprint density at radius 3 is 2.43 bits per heavy atom. The topological polar surface area (TPSA) is 64.7 Å². The number of anilines is 2. The van der Waals surface area contributed by atoms with Gasteiger partial charge in [-0.2, -0.15) is 0 Å². The molecule has 1 saturated carbocycles. The third kappa shape index (κ3) is 4.44. The van der Waals surface area contributed by atoms with Crippen LogP contribution in [0.1, 0.15) is 28.8 Å². The van der Waals surface area contributed by atoms with Gasteiger partial charge < -0.3 is 20.4 Å². The average molecular weight is 378 g/mol. The fourth-order valence-electron chi connectivity index (χ4n) is 3.49. The van der Waals surface area contributed by atoms with Crippen LogP contribution < -0.4 is 15.5 Å². The Labute approximate surface area is 165 Å². The zero-order valence-electron chi connectivity index (χ0n) is 16.1. The standard InChI is InChI=1S/C22H26N4O2/c1-16-4-2-7-20(14-16)25-10-12-26(13-11-25)21(27)17-5-3-6-19(15-17)24-22(28)23-18-8-9-18/h2-7,14-15,18H,8-13H2,1H3,(H2,23,24,28). The molecule has 2 aliphatic rings. The van der Waals surface area contributed by atoms with Crippen LogP contribution in [0.2, 0.25) is 0 Å². The predicted molar refractivity (Wildman–Crippen MR) is 111 cm³/mol. The Morgan fingerprint density at radius 2 is 1.71 bits per heavy atom. The summed E-state index contributed by atoms with van der Waals surface area (Å²) < 4.78 is 0. The van der Waals surface area contributed by atoms with Crippen LogP contribution in [-0.4, -0.2) is 49.1 Å². The minimum atomic E-state index is -0.209. The van der Waals surface area contributed by atoms with E-state index in [0.717, 1.165) is 25.9 Å². The highest BCUT2D eigenvalue weighted by molar-refractivity contribution is 5.97. The van der Waals surface area contributed by atoms with Crippen molar-refractivity contribution in [2.24, 2.45) is 0 Å². The third-order valence-corrected chi connectivity index (χ3v) is 5.21. The summed E-state index contributed by atoms with van der Waals surface area (Å²) in [4.78, 5) is 29.0. The quantitative estimate of drug-likeness (QED) is 0.858. The first-order chi connectivity index (χ1) is 13.6. The fourth-order valence-corrected chi connectivity index (χ4v) is 3.49. The summed E-state index contributed by atoms with van der Waals surface area (Å²) in [6.45, 7) is 5.10. The van der Waals surface area contributed by atoms with Crippen LogP contribution in [0.5, 0.6) is 0 Å². The van der Waals surface area contributed by atoms with E-state index in [-0.39, 0.29) is 11.9 Å². The van der Waals surface area contributed by atoms with Gasteiger partial charge in [0.15, 0.2) is 0 Å². The van der Waals surface area contributed by atoms with Crippen molar-refractivity contribution in [3.63, 3.8) is 0 Å². The van der Waals surface area contributed by atoms with Gasteiger partial charge in [-0.15, -0.1) is 0 Å². The van der Waals surface area contributed by atoms with Gasteiger partial charge in [0.2, 0.25) is 0 Å². The number of carbonyl (C=O) groups excluding carboxylic acids is 2. The number of piperazine rings is 1. The van der Waals surface area contributed by atoms with Crippen LogP contribution in [0.25, 0.3) is 0 Å². The maximum absolute atomic E-state index is 12.9. The van der Waals surface area contributed by atoms with Crippen molar-refractivity contribution in [2.75, 3.05) is 36.4 Å². The molecule has 6 heteroatoms. The summed E-state index contributed by atoms with van der Waals surface area (Å²) in [5, 5.41) is 5.70. The Balaban J connectivity index is 1.35. The van der Waals surface area contributed by atoms with Gasteiger partial charge in [-0.3, -0.25) is 4.79 Å². The summed E-state index contributed by atoms with van der Waals surface area (Å²) in [6.07, 6.45) is 2.08. The van der Waals surface area contributed by atoms with E-state index in [0.29, 0.717) is 30.4 Å². The van der Waals surface area contributed by atoms with E-state index in [9.17, 15) is 9.59 Å². The van der Waals surface area contributed by atoms with Crippen LogP contribution in [0, 0.1) is 6.92 Å². The summed E-state index contributed by atoms with van der Waals surface area (Å²) in [5.41, 5.74) is 3.70. The molecule has 1 heterocycles. The zero-order valence-corrected chi connectivity index (χ0v) is 16.1. The number of nitrogens with zero attached hydrogens (tertiary/aromatic N) is 2. The van der Waals surface area contributed by atoms with Crippen molar-refractivity contribution in [1.82, 2.24) is 10.2 Å². The van der Waals surface area contributed by atoms with Crippen LogP contribution in [0.3, 0.4) is 0 Å². The molecule has 146 valence electrons. The number of rotatable bonds is 4. The molecule has 2 fully saturated rings. The molecule has 6 nitrogen and oxygen atoms in total. The number of aryl methyl sites for hydroxylation is 1. The molecule has 2 N–H and O–H groups in total. The maximum atomic E-state index is 12.9. The van der Waals surface area contributed by atoms with Gasteiger partial charge in [0, 0.05) is 49.2 Å². The SMILES string of the molecule is Cc1cccc(N2CCN(C(=O)c3cccc(NC(=O)NC4CC4)c3)CC2)c1. The van der Waals surface area contributed by atoms with Gasteiger partial charge in [0.05, 0.1) is 0 Å². The number of urea groups is 1. The first kappa shape index (κ1) is 18.3. The van der Waals surface area contributed by atoms with Crippen molar-refractivity contribution >= 4 is 23.3 Å². The van der Waals surface area contributed by atoms with E-state index in [1.165, 1.54) is 11.3 Å². The summed E-state index contributed by atoms with van der Waals surface area (Å²) >= 11 is 0. The molecule has 3 amide bonds. The largest absolute Gasteiger partial charge is 0.368 e. The van der Waals surface area contributed by atoms with E-state index in [2.05, 4.69) is 46.7 Å². The smallest absolute Gasteiger partial charge is 0.319 e. The van der Waals surface area contributed by atoms with E-state index in [1.807, 2.05) is 11.0 Å². The summed E-state index contributed by atoms with van der Waals surface area (Å²) in [7, 11) is 0. The molecule has 0 atom stereocenters. The highest BCUT2D eigenvalue weighted by Crippen LogP contribution is 2.21. The van der Waals surface area contributed by atoms with Crippen LogP contribution in [0.4, 0.5) is 16.2 Å². The van der Waals surface area contributed by atoms with Crippen molar-refractivity contribution in [2.45, 2.75) is 25.8 Å². The lowest BCUT2D eigenvalue weighted by atomic mass is 10.1. The maximum Gasteiger partial charge on any atom is 0.319 e. The first-order valence-corrected chi connectivity index (χ1v) is 9.87. The molecule has 1 saturated heterocycles. The Morgan fingerprint density at radius 1 is 0.964 bits per heavy atom. The van der Waals surface area contributed by atoms with Crippen LogP contribution in [0.15, 0.2) is 48.5 Å². The summed E-state index contributed by atoms with van der Waals surface area (Å²) in [6, 6.07) is 15.7. The van der Waals surface area contributed by atoms with Crippen molar-refractivity contribution in [1.29, 1.82) is 0 Å². The number of hydrogen-bond donors (Lipinski definition) is 2. The van der Waals surface area contributed by atoms with Gasteiger partial charge in [0.1, 0.15) is 0 Å². The molecule has 0 spiro atoms. The predicted octanol–water partition coefficient (Wildman–Crippen LogP) is 3.24. The Bertz CT molecular complexity index is 870. The van der Waals surface area contributed by atoms with E-state index in [4.69, 9.17) is 0 Å². The zero-order chi connectivity index (χ0) is 19.5. The molecule has 2 aromatic rings. The molecule has 4 rings (SSSR count). The molecule has 2 aromatic carbocycles. The van der Waals surface area contributed by atoms with Gasteiger partial charge in [-0.25, -0.2) is 4.79 Å². The van der Waals surface area contributed by atoms with Gasteiger partial charge in [-0.1, -0.05) is 18.2 Å². The lowest BCUT2D eigenvalue weighted by Crippen LogP contribution is -2.48. The molecule has 0 bridgehead atoms. The second-order valence-electron chi connectivity index (χ2n) is 7.57. The minimum absolute atomic E-state index is 0.00939. The van der Waals surface area contributed by atoms with Gasteiger partial charge >= 0.3 is 6.03 Å². The lowest BCUT2D eigenvalue weighted by Gasteiger charge is -2.36. The van der Waals surface area contributed by atoms with E-state index < -0.39 is 0 Å². The van der Waals surface area contributed by atoms with E-state index >= 15 is 0 Å². The highest BCUT2D eigenvalue weighted by Gasteiger charge is 2.24. The third-order valence-electron chi connectivity index (χ3n) is 5.21. The fraction of sp³-hybridized carbons (Fsp3) is 0.364. The van der Waals surface area contributed by atoms with Gasteiger partial charge in [-0.05, 0) is 55.7 Å².